The van der Waals surface area contributed by atoms with Gasteiger partial charge in [0.1, 0.15) is 0 Å². The van der Waals surface area contributed by atoms with Gasteiger partial charge >= 0.3 is 12.1 Å². The fraction of sp³-hybridized carbons (Fsp3) is 0.947. The van der Waals surface area contributed by atoms with Crippen LogP contribution in [0.2, 0.25) is 0 Å². The quantitative estimate of drug-likeness (QED) is 0.296. The largest absolute Gasteiger partial charge is 0.472 e. The first-order valence-electron chi connectivity index (χ1n) is 9.49. The number of unbranched alkanes of at least 4 members (excludes halogenated alkanes) is 9. The molecule has 0 bridgehead atoms. The van der Waals surface area contributed by atoms with E-state index in [4.69, 9.17) is 0 Å². The predicted molar refractivity (Wildman–Crippen MR) is 98.3 cm³/mol. The average molecular weight is 331 g/mol. The highest BCUT2D eigenvalue weighted by Crippen LogP contribution is 2.18. The van der Waals surface area contributed by atoms with E-state index in [1.54, 1.807) is 0 Å². The van der Waals surface area contributed by atoms with Crippen LogP contribution >= 0.6 is 0 Å². The molecular weight excluding hydrogens is 288 g/mol. The SMILES string of the molecule is CCCCCCCCCCCC[N+](C)(C)C(C(=O)O)[N+](C)(C)C. The Morgan fingerprint density at radius 1 is 0.783 bits per heavy atom. The van der Waals surface area contributed by atoms with E-state index < -0.39 is 12.1 Å². The molecule has 0 aliphatic carbocycles. The summed E-state index contributed by atoms with van der Waals surface area (Å²) in [6.45, 7) is 3.19. The standard InChI is InChI=1S/C19H41N2O2/c1-7-8-9-10-11-12-13-14-15-16-17-21(5,6)18(19(22)23)20(2,3)4/h18H,7-17H2,1-6H3/q+1/p+1. The Hall–Kier alpha value is -0.610. The average Bonchev–Trinajstić information content (AvgIpc) is 2.38. The van der Waals surface area contributed by atoms with Gasteiger partial charge in [-0.25, -0.2) is 4.79 Å². The third-order valence-electron chi connectivity index (χ3n) is 4.70. The number of quaternary nitrogens is 2. The molecule has 0 spiro atoms. The number of carboxylic acid groups (broad SMARTS) is 1. The van der Waals surface area contributed by atoms with E-state index in [9.17, 15) is 9.90 Å². The molecule has 0 aromatic heterocycles. The van der Waals surface area contributed by atoms with Crippen LogP contribution in [0.4, 0.5) is 0 Å². The summed E-state index contributed by atoms with van der Waals surface area (Å²) in [6.07, 6.45) is 12.8. The van der Waals surface area contributed by atoms with Crippen molar-refractivity contribution in [2.75, 3.05) is 41.8 Å². The summed E-state index contributed by atoms with van der Waals surface area (Å²) in [7, 11) is 10.0. The molecule has 0 heterocycles. The number of carboxylic acids is 1. The number of aliphatic carboxylic acids is 1. The van der Waals surface area contributed by atoms with E-state index in [1.165, 1.54) is 57.8 Å². The molecule has 0 radical (unpaired) electrons. The lowest BCUT2D eigenvalue weighted by molar-refractivity contribution is -1.08. The minimum Gasteiger partial charge on any atom is -0.472 e. The maximum Gasteiger partial charge on any atom is 0.423 e. The summed E-state index contributed by atoms with van der Waals surface area (Å²) in [6, 6.07) is 0. The van der Waals surface area contributed by atoms with Gasteiger partial charge in [-0.05, 0) is 12.8 Å². The zero-order chi connectivity index (χ0) is 17.9. The van der Waals surface area contributed by atoms with Crippen molar-refractivity contribution in [3.8, 4) is 0 Å². The van der Waals surface area contributed by atoms with E-state index in [1.807, 2.05) is 21.1 Å². The van der Waals surface area contributed by atoms with Gasteiger partial charge < -0.3 is 5.11 Å². The molecule has 0 aromatic carbocycles. The number of hydrogen-bond acceptors (Lipinski definition) is 1. The molecule has 0 aliphatic rings. The number of likely N-dealkylation sites (N-methyl/N-ethyl adjacent to an activating group) is 2. The lowest BCUT2D eigenvalue weighted by atomic mass is 10.1. The molecule has 0 rings (SSSR count). The third-order valence-corrected chi connectivity index (χ3v) is 4.70. The van der Waals surface area contributed by atoms with E-state index in [0.717, 1.165) is 13.0 Å². The fourth-order valence-electron chi connectivity index (χ4n) is 3.70. The zero-order valence-corrected chi connectivity index (χ0v) is 16.6. The minimum atomic E-state index is -0.699. The molecule has 0 fully saturated rings. The minimum absolute atomic E-state index is 0.409. The molecular formula is C19H42N2O2+2. The fourth-order valence-corrected chi connectivity index (χ4v) is 3.70. The van der Waals surface area contributed by atoms with Crippen molar-refractivity contribution in [3.05, 3.63) is 0 Å². The summed E-state index contributed by atoms with van der Waals surface area (Å²) >= 11 is 0. The Labute approximate surface area is 144 Å². The van der Waals surface area contributed by atoms with Gasteiger partial charge in [0.2, 0.25) is 0 Å². The summed E-state index contributed by atoms with van der Waals surface area (Å²) in [5.41, 5.74) is 0. The number of nitrogens with zero attached hydrogens (tertiary/aromatic N) is 2. The van der Waals surface area contributed by atoms with Gasteiger partial charge in [-0.1, -0.05) is 58.3 Å². The maximum absolute atomic E-state index is 11.6. The zero-order valence-electron chi connectivity index (χ0n) is 16.6. The molecule has 1 atom stereocenters. The van der Waals surface area contributed by atoms with Crippen molar-refractivity contribution in [1.29, 1.82) is 0 Å². The highest BCUT2D eigenvalue weighted by molar-refractivity contribution is 5.70. The molecule has 1 unspecified atom stereocenters. The first-order valence-corrected chi connectivity index (χ1v) is 9.49. The van der Waals surface area contributed by atoms with Gasteiger partial charge in [-0.3, -0.25) is 8.97 Å². The monoisotopic (exact) mass is 330 g/mol. The van der Waals surface area contributed by atoms with Crippen molar-refractivity contribution < 1.29 is 18.9 Å². The molecule has 1 N–H and O–H groups in total. The number of rotatable bonds is 14. The van der Waals surface area contributed by atoms with Crippen LogP contribution in [0, 0.1) is 0 Å². The van der Waals surface area contributed by atoms with Crippen LogP contribution in [0.25, 0.3) is 0 Å². The van der Waals surface area contributed by atoms with Gasteiger partial charge in [0.25, 0.3) is 0 Å². The second-order valence-corrected chi connectivity index (χ2v) is 8.51. The topological polar surface area (TPSA) is 37.3 Å². The van der Waals surface area contributed by atoms with Crippen LogP contribution < -0.4 is 0 Å². The Bertz CT molecular complexity index is 322. The second-order valence-electron chi connectivity index (χ2n) is 8.51. The molecule has 0 amide bonds. The van der Waals surface area contributed by atoms with Gasteiger partial charge in [0.15, 0.2) is 0 Å². The Morgan fingerprint density at radius 3 is 1.52 bits per heavy atom. The van der Waals surface area contributed by atoms with Crippen molar-refractivity contribution >= 4 is 5.97 Å². The van der Waals surface area contributed by atoms with Crippen molar-refractivity contribution in [2.24, 2.45) is 0 Å². The molecule has 0 aliphatic heterocycles. The lowest BCUT2D eigenvalue weighted by Crippen LogP contribution is -2.66. The normalized spacial score (nSPS) is 14.0. The van der Waals surface area contributed by atoms with E-state index in [2.05, 4.69) is 21.0 Å². The van der Waals surface area contributed by atoms with E-state index in [0.29, 0.717) is 8.97 Å². The van der Waals surface area contributed by atoms with Gasteiger partial charge in [0.05, 0.1) is 41.8 Å². The van der Waals surface area contributed by atoms with E-state index >= 15 is 0 Å². The van der Waals surface area contributed by atoms with Crippen molar-refractivity contribution in [3.63, 3.8) is 0 Å². The molecule has 138 valence electrons. The predicted octanol–water partition coefficient (Wildman–Crippen LogP) is 4.10. The van der Waals surface area contributed by atoms with E-state index in [-0.39, 0.29) is 0 Å². The first kappa shape index (κ1) is 22.4. The van der Waals surface area contributed by atoms with Crippen LogP contribution in [-0.2, 0) is 4.79 Å². The highest BCUT2D eigenvalue weighted by Gasteiger charge is 2.45. The molecule has 0 saturated heterocycles. The Balaban J connectivity index is 3.91. The summed E-state index contributed by atoms with van der Waals surface area (Å²) in [5, 5.41) is 9.57. The van der Waals surface area contributed by atoms with Crippen LogP contribution in [0.3, 0.4) is 0 Å². The van der Waals surface area contributed by atoms with Gasteiger partial charge in [-0.2, -0.15) is 0 Å². The molecule has 0 saturated carbocycles. The lowest BCUT2D eigenvalue weighted by Gasteiger charge is -2.42. The Kier molecular flexibility index (Phi) is 10.7. The summed E-state index contributed by atoms with van der Waals surface area (Å²) < 4.78 is 1.01. The van der Waals surface area contributed by atoms with Crippen LogP contribution in [0.15, 0.2) is 0 Å². The molecule has 4 nitrogen and oxygen atoms in total. The Morgan fingerprint density at radius 2 is 1.17 bits per heavy atom. The highest BCUT2D eigenvalue weighted by atomic mass is 16.4. The summed E-state index contributed by atoms with van der Waals surface area (Å²) in [4.78, 5) is 11.6. The summed E-state index contributed by atoms with van der Waals surface area (Å²) in [5.74, 6) is -0.699. The van der Waals surface area contributed by atoms with Crippen molar-refractivity contribution in [2.45, 2.75) is 77.3 Å². The smallest absolute Gasteiger partial charge is 0.423 e. The van der Waals surface area contributed by atoms with Crippen LogP contribution in [-0.4, -0.2) is 68.0 Å². The molecule has 23 heavy (non-hydrogen) atoms. The number of carbonyl (C=O) groups is 1. The van der Waals surface area contributed by atoms with Gasteiger partial charge in [0, 0.05) is 0 Å². The first-order chi connectivity index (χ1) is 10.6. The molecule has 4 heteroatoms. The number of hydrogen-bond donors (Lipinski definition) is 1. The van der Waals surface area contributed by atoms with Crippen molar-refractivity contribution in [1.82, 2.24) is 0 Å². The molecule has 0 aromatic rings. The second kappa shape index (κ2) is 11.0. The third kappa shape index (κ3) is 9.98. The van der Waals surface area contributed by atoms with Crippen LogP contribution in [0.1, 0.15) is 71.1 Å². The van der Waals surface area contributed by atoms with Crippen LogP contribution in [0.5, 0.6) is 0 Å². The maximum atomic E-state index is 11.6. The van der Waals surface area contributed by atoms with Gasteiger partial charge in [-0.15, -0.1) is 0 Å².